The lowest BCUT2D eigenvalue weighted by atomic mass is 10.0. The Labute approximate surface area is 250 Å². The van der Waals surface area contributed by atoms with Crippen LogP contribution in [-0.4, -0.2) is 23.5 Å². The third-order valence-electron chi connectivity index (χ3n) is 7.47. The van der Waals surface area contributed by atoms with Gasteiger partial charge >= 0.3 is 5.97 Å². The quantitative estimate of drug-likeness (QED) is 0.196. The summed E-state index contributed by atoms with van der Waals surface area (Å²) in [4.78, 5) is 35.7. The first-order valence-electron chi connectivity index (χ1n) is 13.4. The number of benzene rings is 4. The molecule has 7 rings (SSSR count). The number of carbonyl (C=O) groups is 2. The maximum absolute atomic E-state index is 14.6. The Hall–Kier alpha value is -4.46. The fourth-order valence-corrected chi connectivity index (χ4v) is 6.85. The lowest BCUT2D eigenvalue weighted by Gasteiger charge is -2.30. The van der Waals surface area contributed by atoms with Gasteiger partial charge in [0.1, 0.15) is 5.82 Å². The number of para-hydroxylation sites is 3. The van der Waals surface area contributed by atoms with E-state index in [4.69, 9.17) is 21.3 Å². The molecule has 0 fully saturated rings. The average molecular weight is 593 g/mol. The Morgan fingerprint density at radius 1 is 0.905 bits per heavy atom. The van der Waals surface area contributed by atoms with Gasteiger partial charge < -0.3 is 4.74 Å². The van der Waals surface area contributed by atoms with Crippen molar-refractivity contribution < 1.29 is 18.7 Å². The van der Waals surface area contributed by atoms with E-state index in [0.29, 0.717) is 40.0 Å². The average Bonchev–Trinajstić information content (AvgIpc) is 3.40. The van der Waals surface area contributed by atoms with Crippen molar-refractivity contribution in [3.05, 3.63) is 124 Å². The highest BCUT2D eigenvalue weighted by Crippen LogP contribution is 2.48. The number of ether oxygens (including phenoxy) is 1. The van der Waals surface area contributed by atoms with Crippen molar-refractivity contribution in [3.63, 3.8) is 0 Å². The number of aromatic nitrogens is 1. The number of esters is 1. The molecule has 0 atom stereocenters. The molecule has 1 aliphatic carbocycles. The number of hydrogen-bond acceptors (Lipinski definition) is 5. The Bertz CT molecular complexity index is 1890. The molecule has 0 saturated carbocycles. The molecule has 8 heteroatoms. The summed E-state index contributed by atoms with van der Waals surface area (Å²) < 4.78 is 20.3. The number of pyridine rings is 1. The van der Waals surface area contributed by atoms with E-state index in [1.54, 1.807) is 34.9 Å². The summed E-state index contributed by atoms with van der Waals surface area (Å²) in [5, 5.41) is 0.943. The van der Waals surface area contributed by atoms with E-state index in [-0.39, 0.29) is 11.5 Å². The van der Waals surface area contributed by atoms with Gasteiger partial charge in [-0.1, -0.05) is 71.9 Å². The highest BCUT2D eigenvalue weighted by atomic mass is 35.5. The molecule has 0 bridgehead atoms. The van der Waals surface area contributed by atoms with Crippen LogP contribution >= 0.6 is 23.4 Å². The second kappa shape index (κ2) is 10.7. The van der Waals surface area contributed by atoms with Gasteiger partial charge in [0.2, 0.25) is 0 Å². The molecule has 0 saturated heterocycles. The van der Waals surface area contributed by atoms with Gasteiger partial charge in [-0.2, -0.15) is 0 Å². The van der Waals surface area contributed by atoms with Crippen LogP contribution in [0.1, 0.15) is 33.6 Å². The van der Waals surface area contributed by atoms with E-state index < -0.39 is 18.4 Å². The summed E-state index contributed by atoms with van der Waals surface area (Å²) in [6, 6.07) is 27.2. The van der Waals surface area contributed by atoms with Crippen molar-refractivity contribution in [2.24, 2.45) is 0 Å². The molecule has 0 N–H and O–H groups in total. The molecule has 42 heavy (non-hydrogen) atoms. The van der Waals surface area contributed by atoms with E-state index in [2.05, 4.69) is 0 Å². The molecular weight excluding hydrogens is 571 g/mol. The molecule has 4 aromatic carbocycles. The van der Waals surface area contributed by atoms with Gasteiger partial charge in [0.25, 0.3) is 5.91 Å². The van der Waals surface area contributed by atoms with Gasteiger partial charge in [-0.3, -0.25) is 9.69 Å². The van der Waals surface area contributed by atoms with Crippen LogP contribution in [0.3, 0.4) is 0 Å². The predicted molar refractivity (Wildman–Crippen MR) is 164 cm³/mol. The predicted octanol–water partition coefficient (Wildman–Crippen LogP) is 8.50. The lowest BCUT2D eigenvalue weighted by molar-refractivity contribution is -0.121. The van der Waals surface area contributed by atoms with Crippen LogP contribution in [0.15, 0.2) is 101 Å². The number of carbonyl (C=O) groups excluding carboxylic acids is 2. The van der Waals surface area contributed by atoms with Gasteiger partial charge in [0, 0.05) is 20.7 Å². The molecule has 0 spiro atoms. The van der Waals surface area contributed by atoms with Gasteiger partial charge in [-0.15, -0.1) is 0 Å². The van der Waals surface area contributed by atoms with Crippen molar-refractivity contribution in [2.45, 2.75) is 22.6 Å². The zero-order valence-corrected chi connectivity index (χ0v) is 23.7. The first kappa shape index (κ1) is 26.4. The van der Waals surface area contributed by atoms with Crippen molar-refractivity contribution in [2.75, 3.05) is 11.5 Å². The number of halogens is 2. The smallest absolute Gasteiger partial charge is 0.339 e. The highest BCUT2D eigenvalue weighted by Gasteiger charge is 2.31. The number of amides is 1. The van der Waals surface area contributed by atoms with Gasteiger partial charge in [-0.25, -0.2) is 14.2 Å². The topological polar surface area (TPSA) is 59.5 Å². The molecule has 0 radical (unpaired) electrons. The van der Waals surface area contributed by atoms with E-state index in [1.165, 1.54) is 6.07 Å². The molecule has 5 nitrogen and oxygen atoms in total. The van der Waals surface area contributed by atoms with Gasteiger partial charge in [0.05, 0.1) is 33.2 Å². The van der Waals surface area contributed by atoms with Crippen LogP contribution in [-0.2, 0) is 16.0 Å². The van der Waals surface area contributed by atoms with Gasteiger partial charge in [-0.05, 0) is 72.5 Å². The van der Waals surface area contributed by atoms with Gasteiger partial charge in [0.15, 0.2) is 6.61 Å². The van der Waals surface area contributed by atoms with Crippen LogP contribution in [0.4, 0.5) is 15.8 Å². The molecule has 2 aliphatic rings. The largest absolute Gasteiger partial charge is 0.452 e. The van der Waals surface area contributed by atoms with E-state index >= 15 is 0 Å². The maximum atomic E-state index is 14.6. The second-order valence-corrected chi connectivity index (χ2v) is 11.5. The first-order valence-corrected chi connectivity index (χ1v) is 14.6. The minimum atomic E-state index is -0.601. The standard InChI is InChI=1S/C34H22ClFN2O3S/c35-24-9-7-10-25(36)23(24)18-20-16-17-22-32(21-8-1-2-11-26(21)37-33(20)22)34(40)41-19-31(39)38-27-12-3-5-14-29(27)42-30-15-6-4-13-28(30)38/h1-15,18H,16-17,19H2/b20-18-. The Kier molecular flexibility index (Phi) is 6.76. The minimum absolute atomic E-state index is 0.284. The molecule has 1 aromatic heterocycles. The van der Waals surface area contributed by atoms with E-state index in [9.17, 15) is 14.0 Å². The van der Waals surface area contributed by atoms with E-state index in [1.807, 2.05) is 72.8 Å². The van der Waals surface area contributed by atoms with E-state index in [0.717, 1.165) is 32.3 Å². The summed E-state index contributed by atoms with van der Waals surface area (Å²) in [6.45, 7) is -0.439. The zero-order chi connectivity index (χ0) is 28.8. The molecule has 1 amide bonds. The summed E-state index contributed by atoms with van der Waals surface area (Å²) in [5.41, 5.74) is 4.88. The molecule has 2 heterocycles. The first-order chi connectivity index (χ1) is 20.5. The second-order valence-electron chi connectivity index (χ2n) is 9.98. The third kappa shape index (κ3) is 4.55. The van der Waals surface area contributed by atoms with Crippen molar-refractivity contribution in [3.8, 4) is 0 Å². The summed E-state index contributed by atoms with van der Waals surface area (Å²) in [5.74, 6) is -1.38. The number of hydrogen-bond donors (Lipinski definition) is 0. The number of rotatable bonds is 4. The number of anilines is 2. The number of allylic oxidation sites excluding steroid dienone is 1. The summed E-state index contributed by atoms with van der Waals surface area (Å²) in [7, 11) is 0. The maximum Gasteiger partial charge on any atom is 0.339 e. The fraction of sp³-hybridized carbons (Fsp3) is 0.0882. The van der Waals surface area contributed by atoms with Crippen molar-refractivity contribution in [1.82, 2.24) is 4.98 Å². The summed E-state index contributed by atoms with van der Waals surface area (Å²) in [6.07, 6.45) is 2.78. The summed E-state index contributed by atoms with van der Waals surface area (Å²) >= 11 is 7.89. The van der Waals surface area contributed by atoms with Crippen LogP contribution < -0.4 is 4.90 Å². The monoisotopic (exact) mass is 592 g/mol. The zero-order valence-electron chi connectivity index (χ0n) is 22.1. The number of nitrogens with zero attached hydrogens (tertiary/aromatic N) is 2. The highest BCUT2D eigenvalue weighted by molar-refractivity contribution is 7.99. The molecular formula is C34H22ClFN2O3S. The fourth-order valence-electron chi connectivity index (χ4n) is 5.57. The molecule has 0 unspecified atom stereocenters. The van der Waals surface area contributed by atoms with Crippen LogP contribution in [0, 0.1) is 5.82 Å². The molecule has 1 aliphatic heterocycles. The minimum Gasteiger partial charge on any atom is -0.452 e. The van der Waals surface area contributed by atoms with Crippen LogP contribution in [0.5, 0.6) is 0 Å². The van der Waals surface area contributed by atoms with Crippen molar-refractivity contribution >= 4 is 69.2 Å². The van der Waals surface area contributed by atoms with Crippen LogP contribution in [0.25, 0.3) is 22.6 Å². The number of fused-ring (bicyclic) bond motifs is 4. The third-order valence-corrected chi connectivity index (χ3v) is 8.93. The Morgan fingerprint density at radius 3 is 2.33 bits per heavy atom. The normalized spacial score (nSPS) is 14.4. The Balaban J connectivity index is 1.23. The Morgan fingerprint density at radius 2 is 1.60 bits per heavy atom. The molecule has 5 aromatic rings. The van der Waals surface area contributed by atoms with Crippen molar-refractivity contribution in [1.29, 1.82) is 0 Å². The SMILES string of the molecule is O=C(OCC(=O)N1c2ccccc2Sc2ccccc21)c1c2c(nc3ccccc13)/C(=C\c1c(F)cccc1Cl)CC2. The lowest BCUT2D eigenvalue weighted by Crippen LogP contribution is -2.32. The van der Waals surface area contributed by atoms with Crippen LogP contribution in [0.2, 0.25) is 5.02 Å². The molecule has 206 valence electrons.